The summed E-state index contributed by atoms with van der Waals surface area (Å²) in [5, 5.41) is 19.0. The zero-order chi connectivity index (χ0) is 19.8. The first-order valence-corrected chi connectivity index (χ1v) is 10.3. The molecule has 148 valence electrons. The van der Waals surface area contributed by atoms with Gasteiger partial charge in [0.2, 0.25) is 15.9 Å². The van der Waals surface area contributed by atoms with Crippen LogP contribution in [0.1, 0.15) is 19.3 Å². The van der Waals surface area contributed by atoms with Crippen molar-refractivity contribution >= 4 is 23.0 Å². The average Bonchev–Trinajstić information content (AvgIpc) is 3.12. The van der Waals surface area contributed by atoms with Crippen LogP contribution in [-0.2, 0) is 14.8 Å². The van der Waals surface area contributed by atoms with Crippen LogP contribution in [0.4, 0.5) is 4.39 Å². The normalized spacial score (nSPS) is 27.0. The van der Waals surface area contributed by atoms with Gasteiger partial charge in [0.1, 0.15) is 5.82 Å². The van der Waals surface area contributed by atoms with Crippen molar-refractivity contribution < 1.29 is 27.7 Å². The summed E-state index contributed by atoms with van der Waals surface area (Å²) in [4.78, 5) is 14.3. The van der Waals surface area contributed by atoms with Gasteiger partial charge in [-0.05, 0) is 43.5 Å². The molecule has 8 nitrogen and oxygen atoms in total. The minimum absolute atomic E-state index is 0.0459. The van der Waals surface area contributed by atoms with E-state index in [1.165, 1.54) is 21.3 Å². The predicted octanol–water partition coefficient (Wildman–Crippen LogP) is -0.833. The van der Waals surface area contributed by atoms with Crippen LogP contribution in [0.3, 0.4) is 0 Å². The van der Waals surface area contributed by atoms with Crippen molar-refractivity contribution in [2.24, 2.45) is 11.7 Å². The monoisotopic (exact) mass is 399 g/mol. The molecule has 0 unspecified atom stereocenters. The third-order valence-corrected chi connectivity index (χ3v) is 7.20. The molecular formula is C16H23BFN3O5S. The van der Waals surface area contributed by atoms with Crippen molar-refractivity contribution in [2.75, 3.05) is 19.6 Å². The maximum Gasteiger partial charge on any atom is 0.475 e. The zero-order valence-electron chi connectivity index (χ0n) is 14.7. The highest BCUT2D eigenvalue weighted by atomic mass is 32.2. The van der Waals surface area contributed by atoms with Gasteiger partial charge in [-0.1, -0.05) is 0 Å². The van der Waals surface area contributed by atoms with Gasteiger partial charge in [-0.2, -0.15) is 4.31 Å². The van der Waals surface area contributed by atoms with Gasteiger partial charge in [-0.3, -0.25) is 4.79 Å². The molecule has 0 bridgehead atoms. The van der Waals surface area contributed by atoms with E-state index in [0.717, 1.165) is 12.1 Å². The summed E-state index contributed by atoms with van der Waals surface area (Å²) in [5.74, 6) is -2.37. The molecule has 1 aromatic carbocycles. The van der Waals surface area contributed by atoms with E-state index in [-0.39, 0.29) is 23.9 Å². The van der Waals surface area contributed by atoms with Gasteiger partial charge >= 0.3 is 7.12 Å². The number of hydrogen-bond donors (Lipinski definition) is 3. The average molecular weight is 399 g/mol. The fourth-order valence-electron chi connectivity index (χ4n) is 3.76. The lowest BCUT2D eigenvalue weighted by Gasteiger charge is -2.38. The molecule has 2 aliphatic rings. The fourth-order valence-corrected chi connectivity index (χ4v) is 5.25. The number of halogens is 1. The van der Waals surface area contributed by atoms with Crippen molar-refractivity contribution in [1.82, 2.24) is 9.21 Å². The smallest absolute Gasteiger partial charge is 0.426 e. The molecule has 0 aromatic heterocycles. The van der Waals surface area contributed by atoms with Crippen LogP contribution in [0.2, 0.25) is 0 Å². The topological polar surface area (TPSA) is 124 Å². The molecule has 0 radical (unpaired) electrons. The molecule has 27 heavy (non-hydrogen) atoms. The molecule has 4 N–H and O–H groups in total. The largest absolute Gasteiger partial charge is 0.475 e. The van der Waals surface area contributed by atoms with E-state index in [1.54, 1.807) is 0 Å². The summed E-state index contributed by atoms with van der Waals surface area (Å²) in [6.07, 6.45) is 1.42. The number of hydrogen-bond acceptors (Lipinski definition) is 6. The minimum atomic E-state index is -3.88. The molecule has 2 saturated heterocycles. The van der Waals surface area contributed by atoms with E-state index < -0.39 is 40.9 Å². The molecule has 0 saturated carbocycles. The van der Waals surface area contributed by atoms with Gasteiger partial charge in [0.05, 0.1) is 16.8 Å². The Morgan fingerprint density at radius 3 is 2.48 bits per heavy atom. The first kappa shape index (κ1) is 20.2. The Bertz CT molecular complexity index is 792. The molecule has 2 fully saturated rings. The molecular weight excluding hydrogens is 376 g/mol. The molecule has 2 aliphatic heterocycles. The van der Waals surface area contributed by atoms with Gasteiger partial charge in [0.15, 0.2) is 0 Å². The van der Waals surface area contributed by atoms with Crippen LogP contribution in [0.15, 0.2) is 29.2 Å². The Labute approximate surface area is 157 Å². The number of piperidine rings is 1. The number of rotatable bonds is 4. The van der Waals surface area contributed by atoms with Crippen LogP contribution in [0, 0.1) is 11.7 Å². The highest BCUT2D eigenvalue weighted by Crippen LogP contribution is 2.27. The second kappa shape index (κ2) is 7.84. The molecule has 3 atom stereocenters. The van der Waals surface area contributed by atoms with Crippen LogP contribution >= 0.6 is 0 Å². The zero-order valence-corrected chi connectivity index (χ0v) is 15.6. The number of sulfonamides is 1. The molecule has 2 heterocycles. The van der Waals surface area contributed by atoms with Gasteiger partial charge in [0, 0.05) is 25.7 Å². The minimum Gasteiger partial charge on any atom is -0.426 e. The Morgan fingerprint density at radius 2 is 1.85 bits per heavy atom. The second-order valence-electron chi connectivity index (χ2n) is 7.03. The molecule has 1 amide bonds. The Balaban J connectivity index is 1.79. The maximum atomic E-state index is 13.1. The van der Waals surface area contributed by atoms with E-state index in [1.807, 2.05) is 0 Å². The number of carbonyl (C=O) groups is 1. The number of nitrogens with two attached hydrogens (primary N) is 1. The van der Waals surface area contributed by atoms with Crippen molar-refractivity contribution in [3.8, 4) is 0 Å². The summed E-state index contributed by atoms with van der Waals surface area (Å²) >= 11 is 0. The SMILES string of the molecule is N[C@@H]1CCN(S(=O)(=O)c2ccc(F)cc2)C[C@H]1C(=O)N1CCC[C@H]1B(O)O. The van der Waals surface area contributed by atoms with Crippen LogP contribution in [0.5, 0.6) is 0 Å². The first-order chi connectivity index (χ1) is 12.7. The lowest BCUT2D eigenvalue weighted by atomic mass is 9.77. The highest BCUT2D eigenvalue weighted by molar-refractivity contribution is 7.89. The number of nitrogens with zero attached hydrogens (tertiary/aromatic N) is 2. The highest BCUT2D eigenvalue weighted by Gasteiger charge is 2.44. The number of amides is 1. The molecule has 0 aliphatic carbocycles. The van der Waals surface area contributed by atoms with E-state index >= 15 is 0 Å². The van der Waals surface area contributed by atoms with E-state index in [2.05, 4.69) is 0 Å². The van der Waals surface area contributed by atoms with Crippen molar-refractivity contribution in [2.45, 2.75) is 36.1 Å². The van der Waals surface area contributed by atoms with E-state index in [0.29, 0.717) is 25.8 Å². The molecule has 0 spiro atoms. The third kappa shape index (κ3) is 4.02. The third-order valence-electron chi connectivity index (χ3n) is 5.32. The summed E-state index contributed by atoms with van der Waals surface area (Å²) in [6.45, 7) is 0.455. The fraction of sp³-hybridized carbons (Fsp3) is 0.562. The first-order valence-electron chi connectivity index (χ1n) is 8.89. The van der Waals surface area contributed by atoms with Crippen molar-refractivity contribution in [1.29, 1.82) is 0 Å². The standard InChI is InChI=1S/C16H23BFN3O5S/c18-11-3-5-12(6-4-11)27(25,26)20-9-7-14(19)13(10-20)16(22)21-8-1-2-15(21)17(23)24/h3-6,13-15,23-24H,1-2,7-10,19H2/t13-,14-,15+/m1/s1. The summed E-state index contributed by atoms with van der Waals surface area (Å²) in [7, 11) is -5.52. The molecule has 1 aromatic rings. The lowest BCUT2D eigenvalue weighted by Crippen LogP contribution is -2.57. The summed E-state index contributed by atoms with van der Waals surface area (Å²) in [5.41, 5.74) is 6.09. The number of likely N-dealkylation sites (tertiary alicyclic amines) is 1. The van der Waals surface area contributed by atoms with Crippen LogP contribution < -0.4 is 5.73 Å². The Hall–Kier alpha value is -1.53. The van der Waals surface area contributed by atoms with Gasteiger partial charge in [-0.15, -0.1) is 0 Å². The lowest BCUT2D eigenvalue weighted by molar-refractivity contribution is -0.137. The van der Waals surface area contributed by atoms with Gasteiger partial charge in [-0.25, -0.2) is 12.8 Å². The molecule has 3 rings (SSSR count). The van der Waals surface area contributed by atoms with Crippen LogP contribution in [-0.4, -0.2) is 72.3 Å². The van der Waals surface area contributed by atoms with Crippen molar-refractivity contribution in [3.63, 3.8) is 0 Å². The summed E-state index contributed by atoms with van der Waals surface area (Å²) < 4.78 is 39.9. The predicted molar refractivity (Wildman–Crippen MR) is 96.2 cm³/mol. The van der Waals surface area contributed by atoms with Crippen LogP contribution in [0.25, 0.3) is 0 Å². The second-order valence-corrected chi connectivity index (χ2v) is 8.97. The van der Waals surface area contributed by atoms with Crippen molar-refractivity contribution in [3.05, 3.63) is 30.1 Å². The Morgan fingerprint density at radius 1 is 1.19 bits per heavy atom. The number of carbonyl (C=O) groups excluding carboxylic acids is 1. The molecule has 11 heteroatoms. The van der Waals surface area contributed by atoms with E-state index in [4.69, 9.17) is 5.73 Å². The number of benzene rings is 1. The maximum absolute atomic E-state index is 13.1. The van der Waals surface area contributed by atoms with E-state index in [9.17, 15) is 27.7 Å². The Kier molecular flexibility index (Phi) is 5.87. The van der Waals surface area contributed by atoms with Gasteiger partial charge in [0.25, 0.3) is 0 Å². The van der Waals surface area contributed by atoms with Gasteiger partial charge < -0.3 is 20.7 Å². The quantitative estimate of drug-likeness (QED) is 0.568. The summed E-state index contributed by atoms with van der Waals surface area (Å²) in [6, 6.07) is 4.00.